The van der Waals surface area contributed by atoms with Gasteiger partial charge in [0.15, 0.2) is 0 Å². The number of carbonyl (C=O) groups is 1. The van der Waals surface area contributed by atoms with E-state index in [-0.39, 0.29) is 30.5 Å². The number of carbonyl (C=O) groups excluding carboxylic acids is 1. The molecule has 3 aromatic rings. The lowest BCUT2D eigenvalue weighted by Crippen LogP contribution is -2.45. The maximum Gasteiger partial charge on any atom is 0.251 e. The Morgan fingerprint density at radius 3 is 2.79 bits per heavy atom. The molecule has 1 saturated heterocycles. The maximum atomic E-state index is 14.7. The zero-order chi connectivity index (χ0) is 19.7. The zero-order valence-electron chi connectivity index (χ0n) is 15.9. The number of imidazole rings is 1. The first kappa shape index (κ1) is 18.4. The number of H-pyrrole nitrogens is 1. The highest BCUT2D eigenvalue weighted by atomic mass is 19.1. The van der Waals surface area contributed by atoms with Crippen molar-refractivity contribution in [3.05, 3.63) is 59.7 Å². The van der Waals surface area contributed by atoms with Crippen LogP contribution in [0.5, 0.6) is 0 Å². The minimum absolute atomic E-state index is 0.0642. The van der Waals surface area contributed by atoms with Crippen molar-refractivity contribution in [3.63, 3.8) is 0 Å². The van der Waals surface area contributed by atoms with Crippen molar-refractivity contribution in [2.45, 2.75) is 32.6 Å². The molecule has 0 spiro atoms. The van der Waals surface area contributed by atoms with Crippen LogP contribution in [0, 0.1) is 5.82 Å². The summed E-state index contributed by atoms with van der Waals surface area (Å²) < 4.78 is 20.4. The van der Waals surface area contributed by atoms with E-state index in [0.717, 1.165) is 11.0 Å². The summed E-state index contributed by atoms with van der Waals surface area (Å²) in [4.78, 5) is 21.5. The van der Waals surface area contributed by atoms with E-state index in [2.05, 4.69) is 15.3 Å². The molecule has 146 valence electrons. The van der Waals surface area contributed by atoms with Crippen LogP contribution >= 0.6 is 0 Å². The highest BCUT2D eigenvalue weighted by Gasteiger charge is 2.24. The van der Waals surface area contributed by atoms with Gasteiger partial charge in [0, 0.05) is 25.2 Å². The fourth-order valence-corrected chi connectivity index (χ4v) is 3.65. The molecular formula is C21H23FN4O2. The highest BCUT2D eigenvalue weighted by Crippen LogP contribution is 2.24. The molecule has 1 fully saturated rings. The molecule has 0 unspecified atom stereocenters. The standard InChI is InChI=1S/C21H23FN4O2/c1-13-10-26(11-14(2)28-13)20-6-3-15(7-17(20)22)9-23-21(27)16-4-5-18-19(8-16)25-12-24-18/h3-8,12-14H,9-11H2,1-2H3,(H,23,27)(H,24,25)/t13-,14+. The Bertz CT molecular complexity index is 993. The van der Waals surface area contributed by atoms with Crippen molar-refractivity contribution < 1.29 is 13.9 Å². The maximum absolute atomic E-state index is 14.7. The second-order valence-corrected chi connectivity index (χ2v) is 7.27. The molecule has 0 saturated carbocycles. The van der Waals surface area contributed by atoms with Crippen LogP contribution in [0.15, 0.2) is 42.7 Å². The number of nitrogens with one attached hydrogen (secondary N) is 2. The largest absolute Gasteiger partial charge is 0.372 e. The fraction of sp³-hybridized carbons (Fsp3) is 0.333. The van der Waals surface area contributed by atoms with Crippen LogP contribution < -0.4 is 10.2 Å². The Balaban J connectivity index is 1.42. The lowest BCUT2D eigenvalue weighted by atomic mass is 10.1. The summed E-state index contributed by atoms with van der Waals surface area (Å²) in [7, 11) is 0. The van der Waals surface area contributed by atoms with Crippen molar-refractivity contribution >= 4 is 22.6 Å². The molecule has 1 aromatic heterocycles. The number of benzene rings is 2. The van der Waals surface area contributed by atoms with Gasteiger partial charge in [-0.25, -0.2) is 9.37 Å². The average Bonchev–Trinajstić information content (AvgIpc) is 3.13. The van der Waals surface area contributed by atoms with Gasteiger partial charge in [-0.2, -0.15) is 0 Å². The summed E-state index contributed by atoms with van der Waals surface area (Å²) in [5, 5.41) is 2.84. The molecule has 2 aromatic carbocycles. The number of aromatic amines is 1. The zero-order valence-corrected chi connectivity index (χ0v) is 15.9. The molecule has 2 atom stereocenters. The van der Waals surface area contributed by atoms with Crippen molar-refractivity contribution in [1.29, 1.82) is 0 Å². The monoisotopic (exact) mass is 382 g/mol. The number of hydrogen-bond acceptors (Lipinski definition) is 4. The summed E-state index contributed by atoms with van der Waals surface area (Å²) in [6.07, 6.45) is 1.72. The average molecular weight is 382 g/mol. The number of morpholine rings is 1. The molecule has 0 bridgehead atoms. The SMILES string of the molecule is C[C@@H]1CN(c2ccc(CNC(=O)c3ccc4nc[nH]c4c3)cc2F)C[C@H](C)O1. The molecule has 7 heteroatoms. The van der Waals surface area contributed by atoms with Crippen molar-refractivity contribution in [2.24, 2.45) is 0 Å². The molecule has 0 aliphatic carbocycles. The lowest BCUT2D eigenvalue weighted by Gasteiger charge is -2.37. The first-order valence-electron chi connectivity index (χ1n) is 9.40. The van der Waals surface area contributed by atoms with Gasteiger partial charge in [0.05, 0.1) is 35.3 Å². The van der Waals surface area contributed by atoms with Gasteiger partial charge in [-0.3, -0.25) is 4.79 Å². The van der Waals surface area contributed by atoms with Gasteiger partial charge in [-0.05, 0) is 49.7 Å². The summed E-state index contributed by atoms with van der Waals surface area (Å²) in [5.74, 6) is -0.497. The first-order chi connectivity index (χ1) is 13.5. The van der Waals surface area contributed by atoms with Gasteiger partial charge in [-0.15, -0.1) is 0 Å². The number of amides is 1. The van der Waals surface area contributed by atoms with Gasteiger partial charge in [0.2, 0.25) is 0 Å². The third-order valence-corrected chi connectivity index (χ3v) is 4.91. The van der Waals surface area contributed by atoms with E-state index in [1.807, 2.05) is 24.8 Å². The van der Waals surface area contributed by atoms with E-state index in [9.17, 15) is 9.18 Å². The molecule has 1 amide bonds. The van der Waals surface area contributed by atoms with Gasteiger partial charge in [-0.1, -0.05) is 6.07 Å². The summed E-state index contributed by atoms with van der Waals surface area (Å²) in [6, 6.07) is 10.4. The van der Waals surface area contributed by atoms with Crippen LogP contribution in [0.25, 0.3) is 11.0 Å². The quantitative estimate of drug-likeness (QED) is 0.727. The fourth-order valence-electron chi connectivity index (χ4n) is 3.65. The van der Waals surface area contributed by atoms with Gasteiger partial charge in [0.1, 0.15) is 5.82 Å². The number of aromatic nitrogens is 2. The minimum Gasteiger partial charge on any atom is -0.372 e. The molecular weight excluding hydrogens is 359 g/mol. The number of halogens is 1. The normalized spacial score (nSPS) is 19.8. The summed E-state index contributed by atoms with van der Waals surface area (Å²) in [6.45, 7) is 5.56. The number of rotatable bonds is 4. The summed E-state index contributed by atoms with van der Waals surface area (Å²) in [5.41, 5.74) is 3.43. The van der Waals surface area contributed by atoms with Crippen LogP contribution in [-0.2, 0) is 11.3 Å². The van der Waals surface area contributed by atoms with E-state index < -0.39 is 0 Å². The molecule has 28 heavy (non-hydrogen) atoms. The van der Waals surface area contributed by atoms with E-state index >= 15 is 0 Å². The van der Waals surface area contributed by atoms with Crippen molar-refractivity contribution in [1.82, 2.24) is 15.3 Å². The van der Waals surface area contributed by atoms with E-state index in [1.54, 1.807) is 30.6 Å². The van der Waals surface area contributed by atoms with E-state index in [1.165, 1.54) is 6.07 Å². The molecule has 1 aliphatic heterocycles. The Labute approximate surface area is 162 Å². The van der Waals surface area contributed by atoms with Gasteiger partial charge in [0.25, 0.3) is 5.91 Å². The smallest absolute Gasteiger partial charge is 0.251 e. The number of anilines is 1. The molecule has 0 radical (unpaired) electrons. The van der Waals surface area contributed by atoms with Crippen LogP contribution in [-0.4, -0.2) is 41.2 Å². The van der Waals surface area contributed by atoms with E-state index in [4.69, 9.17) is 4.74 Å². The number of fused-ring (bicyclic) bond motifs is 1. The second-order valence-electron chi connectivity index (χ2n) is 7.27. The molecule has 6 nitrogen and oxygen atoms in total. The molecule has 2 N–H and O–H groups in total. The minimum atomic E-state index is -0.285. The summed E-state index contributed by atoms with van der Waals surface area (Å²) >= 11 is 0. The van der Waals surface area contributed by atoms with Crippen LogP contribution in [0.1, 0.15) is 29.8 Å². The van der Waals surface area contributed by atoms with Crippen LogP contribution in [0.2, 0.25) is 0 Å². The Morgan fingerprint density at radius 2 is 2.04 bits per heavy atom. The van der Waals surface area contributed by atoms with Gasteiger partial charge < -0.3 is 19.9 Å². The molecule has 4 rings (SSSR count). The number of ether oxygens (including phenoxy) is 1. The van der Waals surface area contributed by atoms with Crippen LogP contribution in [0.3, 0.4) is 0 Å². The number of hydrogen-bond donors (Lipinski definition) is 2. The predicted molar refractivity (Wildman–Crippen MR) is 106 cm³/mol. The third kappa shape index (κ3) is 3.84. The highest BCUT2D eigenvalue weighted by molar-refractivity contribution is 5.97. The predicted octanol–water partition coefficient (Wildman–Crippen LogP) is 3.25. The molecule has 2 heterocycles. The van der Waals surface area contributed by atoms with Crippen molar-refractivity contribution in [3.8, 4) is 0 Å². The Hall–Kier alpha value is -2.93. The van der Waals surface area contributed by atoms with Crippen LogP contribution in [0.4, 0.5) is 10.1 Å². The second kappa shape index (κ2) is 7.59. The topological polar surface area (TPSA) is 70.2 Å². The Kier molecular flexibility index (Phi) is 5.00. The Morgan fingerprint density at radius 1 is 1.25 bits per heavy atom. The third-order valence-electron chi connectivity index (χ3n) is 4.91. The molecule has 1 aliphatic rings. The van der Waals surface area contributed by atoms with E-state index in [0.29, 0.717) is 29.9 Å². The number of nitrogens with zero attached hydrogens (tertiary/aromatic N) is 2. The lowest BCUT2D eigenvalue weighted by molar-refractivity contribution is -0.00539. The van der Waals surface area contributed by atoms with Gasteiger partial charge >= 0.3 is 0 Å². The first-order valence-corrected chi connectivity index (χ1v) is 9.40. The van der Waals surface area contributed by atoms with Crippen molar-refractivity contribution in [2.75, 3.05) is 18.0 Å².